The molecule has 3 amide bonds. The summed E-state index contributed by atoms with van der Waals surface area (Å²) in [6.07, 6.45) is 5.64. The van der Waals surface area contributed by atoms with E-state index < -0.39 is 0 Å². The number of anilines is 1. The summed E-state index contributed by atoms with van der Waals surface area (Å²) in [5.74, 6) is 1.02. The van der Waals surface area contributed by atoms with Gasteiger partial charge in [-0.2, -0.15) is 0 Å². The molecule has 3 fully saturated rings. The van der Waals surface area contributed by atoms with E-state index in [1.807, 2.05) is 32.0 Å². The lowest BCUT2D eigenvalue weighted by molar-refractivity contribution is -0.140. The standard InChI is InChI=1S/C22H24N2O3/c1-11-3-4-12(2)17(9-11)23-18(25)7-8-24-21(26)19-13-5-6-14(16-10-15(13)16)20(19)22(24)27/h3-6,9,13-16,19-20H,7-8,10H2,1-2H3,(H,23,25)/t13-,14-,15-,16+,19+,20+/m0/s1. The quantitative estimate of drug-likeness (QED) is 0.660. The van der Waals surface area contributed by atoms with Crippen molar-refractivity contribution in [2.45, 2.75) is 26.7 Å². The van der Waals surface area contributed by atoms with Gasteiger partial charge in [0.2, 0.25) is 17.7 Å². The number of aryl methyl sites for hydroxylation is 2. The highest BCUT2D eigenvalue weighted by molar-refractivity contribution is 6.06. The van der Waals surface area contributed by atoms with Gasteiger partial charge in [-0.1, -0.05) is 24.3 Å². The maximum atomic E-state index is 12.9. The predicted octanol–water partition coefficient (Wildman–Crippen LogP) is 2.69. The second kappa shape index (κ2) is 5.78. The number of allylic oxidation sites excluding steroid dienone is 2. The van der Waals surface area contributed by atoms with E-state index in [9.17, 15) is 14.4 Å². The fourth-order valence-electron chi connectivity index (χ4n) is 5.54. The molecule has 5 aliphatic rings. The van der Waals surface area contributed by atoms with Crippen molar-refractivity contribution in [3.8, 4) is 0 Å². The molecule has 5 heteroatoms. The zero-order valence-corrected chi connectivity index (χ0v) is 15.6. The van der Waals surface area contributed by atoms with Gasteiger partial charge in [0, 0.05) is 18.7 Å². The molecule has 27 heavy (non-hydrogen) atoms. The molecule has 1 heterocycles. The molecular weight excluding hydrogens is 340 g/mol. The van der Waals surface area contributed by atoms with E-state index in [1.54, 1.807) is 0 Å². The van der Waals surface area contributed by atoms with Crippen LogP contribution in [-0.2, 0) is 14.4 Å². The molecular formula is C22H24N2O3. The molecule has 0 radical (unpaired) electrons. The molecule has 1 saturated heterocycles. The summed E-state index contributed by atoms with van der Waals surface area (Å²) in [4.78, 5) is 39.6. The number of carbonyl (C=O) groups excluding carboxylic acids is 3. The molecule has 0 spiro atoms. The van der Waals surface area contributed by atoms with E-state index in [0.29, 0.717) is 11.8 Å². The van der Waals surface area contributed by atoms with Crippen LogP contribution in [0.15, 0.2) is 30.4 Å². The molecule has 0 unspecified atom stereocenters. The average Bonchev–Trinajstić information content (AvgIpc) is 3.42. The molecule has 1 aliphatic heterocycles. The van der Waals surface area contributed by atoms with Crippen molar-refractivity contribution in [2.75, 3.05) is 11.9 Å². The largest absolute Gasteiger partial charge is 0.326 e. The Morgan fingerprint density at radius 2 is 1.70 bits per heavy atom. The molecule has 5 nitrogen and oxygen atoms in total. The van der Waals surface area contributed by atoms with Gasteiger partial charge >= 0.3 is 0 Å². The molecule has 6 atom stereocenters. The van der Waals surface area contributed by atoms with Gasteiger partial charge in [0.05, 0.1) is 11.8 Å². The van der Waals surface area contributed by atoms with E-state index in [2.05, 4.69) is 17.5 Å². The summed E-state index contributed by atoms with van der Waals surface area (Å²) in [5.41, 5.74) is 2.86. The highest BCUT2D eigenvalue weighted by atomic mass is 16.2. The maximum Gasteiger partial charge on any atom is 0.233 e. The molecule has 4 aliphatic carbocycles. The highest BCUT2D eigenvalue weighted by Crippen LogP contribution is 2.65. The van der Waals surface area contributed by atoms with Gasteiger partial charge < -0.3 is 5.32 Å². The number of hydrogen-bond acceptors (Lipinski definition) is 3. The second-order valence-electron chi connectivity index (χ2n) is 8.60. The summed E-state index contributed by atoms with van der Waals surface area (Å²) >= 11 is 0. The summed E-state index contributed by atoms with van der Waals surface area (Å²) in [6.45, 7) is 4.10. The number of amides is 3. The van der Waals surface area contributed by atoms with Gasteiger partial charge in [-0.05, 0) is 61.1 Å². The van der Waals surface area contributed by atoms with Gasteiger partial charge in [0.15, 0.2) is 0 Å². The first-order valence-corrected chi connectivity index (χ1v) is 9.86. The van der Waals surface area contributed by atoms with Crippen LogP contribution in [0.1, 0.15) is 24.0 Å². The minimum absolute atomic E-state index is 0.0609. The van der Waals surface area contributed by atoms with Crippen LogP contribution in [-0.4, -0.2) is 29.2 Å². The van der Waals surface area contributed by atoms with Gasteiger partial charge in [0.1, 0.15) is 0 Å². The number of hydrogen-bond donors (Lipinski definition) is 1. The molecule has 2 saturated carbocycles. The third-order valence-electron chi connectivity index (χ3n) is 6.98. The van der Waals surface area contributed by atoms with Crippen molar-refractivity contribution in [3.05, 3.63) is 41.5 Å². The predicted molar refractivity (Wildman–Crippen MR) is 101 cm³/mol. The molecule has 1 aromatic carbocycles. The first-order valence-electron chi connectivity index (χ1n) is 9.86. The fourth-order valence-corrected chi connectivity index (χ4v) is 5.54. The average molecular weight is 364 g/mol. The van der Waals surface area contributed by atoms with Crippen LogP contribution in [0.4, 0.5) is 5.69 Å². The number of nitrogens with one attached hydrogen (secondary N) is 1. The van der Waals surface area contributed by atoms with Crippen LogP contribution >= 0.6 is 0 Å². The summed E-state index contributed by atoms with van der Waals surface area (Å²) < 4.78 is 0. The topological polar surface area (TPSA) is 66.5 Å². The van der Waals surface area contributed by atoms with E-state index in [0.717, 1.165) is 23.2 Å². The van der Waals surface area contributed by atoms with Crippen molar-refractivity contribution in [1.82, 2.24) is 4.90 Å². The van der Waals surface area contributed by atoms with E-state index in [1.165, 1.54) is 4.90 Å². The Labute approximate surface area is 158 Å². The smallest absolute Gasteiger partial charge is 0.233 e. The summed E-state index contributed by atoms with van der Waals surface area (Å²) in [7, 11) is 0. The number of benzene rings is 1. The van der Waals surface area contributed by atoms with E-state index >= 15 is 0 Å². The van der Waals surface area contributed by atoms with Crippen molar-refractivity contribution < 1.29 is 14.4 Å². The fraction of sp³-hybridized carbons (Fsp3) is 0.500. The first-order chi connectivity index (χ1) is 13.0. The third kappa shape index (κ3) is 2.47. The van der Waals surface area contributed by atoms with Crippen LogP contribution in [0, 0.1) is 49.4 Å². The van der Waals surface area contributed by atoms with Crippen molar-refractivity contribution in [3.63, 3.8) is 0 Å². The summed E-state index contributed by atoms with van der Waals surface area (Å²) in [5, 5.41) is 2.91. The van der Waals surface area contributed by atoms with Crippen molar-refractivity contribution in [1.29, 1.82) is 0 Å². The Bertz CT molecular complexity index is 854. The van der Waals surface area contributed by atoms with Crippen LogP contribution in [0.3, 0.4) is 0 Å². The highest BCUT2D eigenvalue weighted by Gasteiger charge is 2.66. The Hall–Kier alpha value is -2.43. The van der Waals surface area contributed by atoms with E-state index in [-0.39, 0.29) is 54.4 Å². The van der Waals surface area contributed by atoms with Gasteiger partial charge in [-0.25, -0.2) is 0 Å². The minimum Gasteiger partial charge on any atom is -0.326 e. The lowest BCUT2D eigenvalue weighted by Gasteiger charge is -2.37. The lowest BCUT2D eigenvalue weighted by Crippen LogP contribution is -2.40. The van der Waals surface area contributed by atoms with Gasteiger partial charge in [0.25, 0.3) is 0 Å². The number of carbonyl (C=O) groups is 3. The normalized spacial score (nSPS) is 35.3. The van der Waals surface area contributed by atoms with Crippen LogP contribution in [0.25, 0.3) is 0 Å². The summed E-state index contributed by atoms with van der Waals surface area (Å²) in [6, 6.07) is 5.90. The number of rotatable bonds is 4. The molecule has 140 valence electrons. The van der Waals surface area contributed by atoms with Crippen LogP contribution in [0.2, 0.25) is 0 Å². The SMILES string of the molecule is Cc1ccc(C)c(NC(=O)CCN2C(=O)[C@@H]3[C@H]4C=C[C@@H]([C@@H]5C[C@H]45)[C@H]3C2=O)c1. The maximum absolute atomic E-state index is 12.9. The van der Waals surface area contributed by atoms with Gasteiger partial charge in [-0.3, -0.25) is 19.3 Å². The van der Waals surface area contributed by atoms with Gasteiger partial charge in [-0.15, -0.1) is 0 Å². The Morgan fingerprint density at radius 3 is 2.33 bits per heavy atom. The van der Waals surface area contributed by atoms with Crippen LogP contribution < -0.4 is 5.32 Å². The number of imide groups is 1. The Kier molecular flexibility index (Phi) is 3.58. The van der Waals surface area contributed by atoms with Crippen molar-refractivity contribution in [2.24, 2.45) is 35.5 Å². The molecule has 2 bridgehead atoms. The number of likely N-dealkylation sites (tertiary alicyclic amines) is 1. The van der Waals surface area contributed by atoms with E-state index in [4.69, 9.17) is 0 Å². The van der Waals surface area contributed by atoms with Crippen LogP contribution in [0.5, 0.6) is 0 Å². The molecule has 1 aromatic rings. The molecule has 6 rings (SSSR count). The number of nitrogens with zero attached hydrogens (tertiary/aromatic N) is 1. The zero-order valence-electron chi connectivity index (χ0n) is 15.6. The lowest BCUT2D eigenvalue weighted by atomic mass is 9.63. The third-order valence-corrected chi connectivity index (χ3v) is 6.98. The first kappa shape index (κ1) is 16.7. The Morgan fingerprint density at radius 1 is 1.07 bits per heavy atom. The zero-order chi connectivity index (χ0) is 18.9. The monoisotopic (exact) mass is 364 g/mol. The molecule has 0 aromatic heterocycles. The molecule has 1 N–H and O–H groups in total. The van der Waals surface area contributed by atoms with Crippen molar-refractivity contribution >= 4 is 23.4 Å². The second-order valence-corrected chi connectivity index (χ2v) is 8.60. The minimum atomic E-state index is -0.182. The Balaban J connectivity index is 1.26.